The molecule has 0 aromatic carbocycles. The largest absolute Gasteiger partial charge is 0.381 e. The minimum absolute atomic E-state index is 0.464. The molecule has 20 heavy (non-hydrogen) atoms. The molecule has 3 heteroatoms. The van der Waals surface area contributed by atoms with Crippen molar-refractivity contribution in [2.45, 2.75) is 65.5 Å². The standard InChI is InChI=1S/C17H34N2O/c1-5-16-11-18-15(10-14(2)3)12-19(16)13-17(4)6-8-20-9-7-17/h14-16,18H,5-13H2,1-4H3. The molecule has 2 rings (SSSR count). The topological polar surface area (TPSA) is 24.5 Å². The van der Waals surface area contributed by atoms with Crippen molar-refractivity contribution >= 4 is 0 Å². The lowest BCUT2D eigenvalue weighted by Gasteiger charge is -2.46. The van der Waals surface area contributed by atoms with Gasteiger partial charge in [0.25, 0.3) is 0 Å². The summed E-state index contributed by atoms with van der Waals surface area (Å²) in [5.74, 6) is 0.784. The first kappa shape index (κ1) is 16.3. The number of hydrogen-bond donors (Lipinski definition) is 1. The smallest absolute Gasteiger partial charge is 0.0471 e. The fourth-order valence-electron chi connectivity index (χ4n) is 3.76. The van der Waals surface area contributed by atoms with Crippen molar-refractivity contribution < 1.29 is 4.74 Å². The van der Waals surface area contributed by atoms with E-state index in [0.29, 0.717) is 11.5 Å². The first-order chi connectivity index (χ1) is 9.52. The molecule has 0 aromatic heterocycles. The molecular weight excluding hydrogens is 248 g/mol. The van der Waals surface area contributed by atoms with E-state index in [9.17, 15) is 0 Å². The van der Waals surface area contributed by atoms with Gasteiger partial charge in [0, 0.05) is 44.9 Å². The van der Waals surface area contributed by atoms with Crippen LogP contribution < -0.4 is 5.32 Å². The van der Waals surface area contributed by atoms with Crippen molar-refractivity contribution in [3.05, 3.63) is 0 Å². The molecule has 0 aliphatic carbocycles. The second-order valence-corrected chi connectivity index (χ2v) is 7.65. The van der Waals surface area contributed by atoms with E-state index in [4.69, 9.17) is 4.74 Å². The van der Waals surface area contributed by atoms with Crippen LogP contribution in [0.5, 0.6) is 0 Å². The highest BCUT2D eigenvalue weighted by Crippen LogP contribution is 2.32. The van der Waals surface area contributed by atoms with Crippen LogP contribution in [0.2, 0.25) is 0 Å². The summed E-state index contributed by atoms with van der Waals surface area (Å²) in [7, 11) is 0. The highest BCUT2D eigenvalue weighted by molar-refractivity contribution is 4.90. The van der Waals surface area contributed by atoms with E-state index < -0.39 is 0 Å². The highest BCUT2D eigenvalue weighted by Gasteiger charge is 2.34. The average molecular weight is 282 g/mol. The number of nitrogens with zero attached hydrogens (tertiary/aromatic N) is 1. The van der Waals surface area contributed by atoms with Gasteiger partial charge >= 0.3 is 0 Å². The third-order valence-corrected chi connectivity index (χ3v) is 5.13. The molecule has 2 heterocycles. The molecule has 2 atom stereocenters. The van der Waals surface area contributed by atoms with Crippen molar-refractivity contribution in [2.75, 3.05) is 32.8 Å². The van der Waals surface area contributed by atoms with E-state index in [2.05, 4.69) is 37.9 Å². The Morgan fingerprint density at radius 2 is 2.00 bits per heavy atom. The summed E-state index contributed by atoms with van der Waals surface area (Å²) in [6.45, 7) is 15.0. The van der Waals surface area contributed by atoms with Crippen molar-refractivity contribution in [2.24, 2.45) is 11.3 Å². The van der Waals surface area contributed by atoms with E-state index in [0.717, 1.165) is 25.2 Å². The minimum Gasteiger partial charge on any atom is -0.381 e. The second kappa shape index (κ2) is 7.24. The fraction of sp³-hybridized carbons (Fsp3) is 1.00. The molecule has 3 nitrogen and oxygen atoms in total. The maximum Gasteiger partial charge on any atom is 0.0471 e. The van der Waals surface area contributed by atoms with Crippen LogP contribution >= 0.6 is 0 Å². The minimum atomic E-state index is 0.464. The molecule has 2 saturated heterocycles. The van der Waals surface area contributed by atoms with Crippen LogP contribution in [0, 0.1) is 11.3 Å². The Hall–Kier alpha value is -0.120. The van der Waals surface area contributed by atoms with E-state index in [-0.39, 0.29) is 0 Å². The van der Waals surface area contributed by atoms with Crippen molar-refractivity contribution in [1.29, 1.82) is 0 Å². The quantitative estimate of drug-likeness (QED) is 0.839. The van der Waals surface area contributed by atoms with Gasteiger partial charge in [-0.1, -0.05) is 27.7 Å². The van der Waals surface area contributed by atoms with E-state index in [1.165, 1.54) is 45.3 Å². The van der Waals surface area contributed by atoms with Crippen LogP contribution in [0.15, 0.2) is 0 Å². The van der Waals surface area contributed by atoms with Gasteiger partial charge in [0.1, 0.15) is 0 Å². The molecule has 0 bridgehead atoms. The molecule has 0 aromatic rings. The molecule has 2 unspecified atom stereocenters. The Bertz CT molecular complexity index is 287. The third-order valence-electron chi connectivity index (χ3n) is 5.13. The molecule has 2 aliphatic heterocycles. The van der Waals surface area contributed by atoms with Gasteiger partial charge in [-0.05, 0) is 37.0 Å². The number of rotatable bonds is 5. The fourth-order valence-corrected chi connectivity index (χ4v) is 3.76. The van der Waals surface area contributed by atoms with Crippen molar-refractivity contribution in [3.63, 3.8) is 0 Å². The first-order valence-corrected chi connectivity index (χ1v) is 8.57. The lowest BCUT2D eigenvalue weighted by Crippen LogP contribution is -2.58. The predicted octanol–water partition coefficient (Wildman–Crippen LogP) is 2.90. The molecule has 118 valence electrons. The third kappa shape index (κ3) is 4.44. The van der Waals surface area contributed by atoms with Crippen LogP contribution in [-0.2, 0) is 4.74 Å². The van der Waals surface area contributed by atoms with Gasteiger partial charge in [0.15, 0.2) is 0 Å². The monoisotopic (exact) mass is 282 g/mol. The Morgan fingerprint density at radius 3 is 2.60 bits per heavy atom. The molecule has 2 fully saturated rings. The second-order valence-electron chi connectivity index (χ2n) is 7.65. The van der Waals surface area contributed by atoms with Crippen LogP contribution in [0.1, 0.15) is 53.4 Å². The Labute approximate surface area is 125 Å². The SMILES string of the molecule is CCC1CNC(CC(C)C)CN1CC1(C)CCOCC1. The van der Waals surface area contributed by atoms with Crippen LogP contribution in [-0.4, -0.2) is 49.8 Å². The number of hydrogen-bond acceptors (Lipinski definition) is 3. The van der Waals surface area contributed by atoms with Crippen LogP contribution in [0.25, 0.3) is 0 Å². The van der Waals surface area contributed by atoms with Gasteiger partial charge in [-0.25, -0.2) is 0 Å². The molecule has 0 spiro atoms. The van der Waals surface area contributed by atoms with Gasteiger partial charge in [-0.15, -0.1) is 0 Å². The summed E-state index contributed by atoms with van der Waals surface area (Å²) >= 11 is 0. The zero-order valence-corrected chi connectivity index (χ0v) is 14.0. The molecular formula is C17H34N2O. The predicted molar refractivity (Wildman–Crippen MR) is 85.1 cm³/mol. The van der Waals surface area contributed by atoms with Gasteiger partial charge in [-0.3, -0.25) is 4.90 Å². The van der Waals surface area contributed by atoms with E-state index >= 15 is 0 Å². The van der Waals surface area contributed by atoms with Crippen LogP contribution in [0.3, 0.4) is 0 Å². The summed E-state index contributed by atoms with van der Waals surface area (Å²) in [6, 6.07) is 1.40. The molecule has 0 saturated carbocycles. The van der Waals surface area contributed by atoms with Crippen molar-refractivity contribution in [1.82, 2.24) is 10.2 Å². The summed E-state index contributed by atoms with van der Waals surface area (Å²) < 4.78 is 5.55. The van der Waals surface area contributed by atoms with Crippen LogP contribution in [0.4, 0.5) is 0 Å². The number of nitrogens with one attached hydrogen (secondary N) is 1. The normalized spacial score (nSPS) is 31.6. The zero-order chi connectivity index (χ0) is 14.6. The summed E-state index contributed by atoms with van der Waals surface area (Å²) in [6.07, 6.45) is 5.01. The molecule has 2 aliphatic rings. The highest BCUT2D eigenvalue weighted by atomic mass is 16.5. The van der Waals surface area contributed by atoms with Gasteiger partial charge in [0.2, 0.25) is 0 Å². The lowest BCUT2D eigenvalue weighted by molar-refractivity contribution is -0.0118. The van der Waals surface area contributed by atoms with Crippen molar-refractivity contribution in [3.8, 4) is 0 Å². The maximum absolute atomic E-state index is 5.55. The van der Waals surface area contributed by atoms with Gasteiger partial charge in [-0.2, -0.15) is 0 Å². The Balaban J connectivity index is 1.94. The lowest BCUT2D eigenvalue weighted by atomic mass is 9.81. The Morgan fingerprint density at radius 1 is 1.30 bits per heavy atom. The van der Waals surface area contributed by atoms with E-state index in [1.54, 1.807) is 0 Å². The molecule has 1 N–H and O–H groups in total. The zero-order valence-electron chi connectivity index (χ0n) is 14.0. The summed E-state index contributed by atoms with van der Waals surface area (Å²) in [4.78, 5) is 2.77. The molecule has 0 amide bonds. The Kier molecular flexibility index (Phi) is 5.88. The average Bonchev–Trinajstić information content (AvgIpc) is 2.38. The number of piperazine rings is 1. The van der Waals surface area contributed by atoms with E-state index in [1.807, 2.05) is 0 Å². The summed E-state index contributed by atoms with van der Waals surface area (Å²) in [5.41, 5.74) is 0.464. The summed E-state index contributed by atoms with van der Waals surface area (Å²) in [5, 5.41) is 3.76. The first-order valence-electron chi connectivity index (χ1n) is 8.57. The van der Waals surface area contributed by atoms with Gasteiger partial charge in [0.05, 0.1) is 0 Å². The maximum atomic E-state index is 5.55. The number of ether oxygens (including phenoxy) is 1. The van der Waals surface area contributed by atoms with Gasteiger partial charge < -0.3 is 10.1 Å². The molecule has 0 radical (unpaired) electrons.